The van der Waals surface area contributed by atoms with E-state index < -0.39 is 0 Å². The fraction of sp³-hybridized carbons (Fsp3) is 0.176. The summed E-state index contributed by atoms with van der Waals surface area (Å²) in [5.74, 6) is 0.355. The third-order valence-electron chi connectivity index (χ3n) is 3.37. The van der Waals surface area contributed by atoms with E-state index in [-0.39, 0.29) is 0 Å². The molecule has 1 unspecified atom stereocenters. The van der Waals surface area contributed by atoms with Crippen LogP contribution >= 0.6 is 0 Å². The Balaban J connectivity index is 2.77. The Bertz CT molecular complexity index is 576. The average Bonchev–Trinajstić information content (AvgIpc) is 2.37. The van der Waals surface area contributed by atoms with Crippen molar-refractivity contribution in [1.29, 1.82) is 0 Å². The Morgan fingerprint density at radius 1 is 1.18 bits per heavy atom. The number of hydrogen-bond donors (Lipinski definition) is 0. The van der Waals surface area contributed by atoms with Gasteiger partial charge in [-0.15, -0.1) is 6.58 Å². The van der Waals surface area contributed by atoms with Crippen molar-refractivity contribution in [2.75, 3.05) is 0 Å². The summed E-state index contributed by atoms with van der Waals surface area (Å²) in [5, 5.41) is 2.60. The van der Waals surface area contributed by atoms with Crippen molar-refractivity contribution in [2.45, 2.75) is 19.8 Å². The van der Waals surface area contributed by atoms with Gasteiger partial charge in [0.2, 0.25) is 0 Å². The van der Waals surface area contributed by atoms with E-state index in [1.165, 1.54) is 27.5 Å². The van der Waals surface area contributed by atoms with Gasteiger partial charge < -0.3 is 0 Å². The zero-order valence-electron chi connectivity index (χ0n) is 10.5. The topological polar surface area (TPSA) is 0 Å². The van der Waals surface area contributed by atoms with Crippen molar-refractivity contribution < 1.29 is 0 Å². The van der Waals surface area contributed by atoms with E-state index in [1.54, 1.807) is 0 Å². The molecule has 1 atom stereocenters. The van der Waals surface area contributed by atoms with Crippen LogP contribution in [0.4, 0.5) is 0 Å². The molecule has 0 aliphatic heterocycles. The van der Waals surface area contributed by atoms with Gasteiger partial charge >= 0.3 is 0 Å². The van der Waals surface area contributed by atoms with Crippen LogP contribution in [-0.4, -0.2) is 0 Å². The lowest BCUT2D eigenvalue weighted by atomic mass is 9.91. The number of rotatable bonds is 3. The Kier molecular flexibility index (Phi) is 3.14. The maximum atomic E-state index is 3.91. The summed E-state index contributed by atoms with van der Waals surface area (Å²) < 4.78 is 0. The molecule has 0 fully saturated rings. The first-order chi connectivity index (χ1) is 8.17. The summed E-state index contributed by atoms with van der Waals surface area (Å²) in [6.07, 6.45) is 3.91. The van der Waals surface area contributed by atoms with Crippen LogP contribution in [0.15, 0.2) is 49.6 Å². The molecule has 0 heteroatoms. The quantitative estimate of drug-likeness (QED) is 0.635. The zero-order valence-corrected chi connectivity index (χ0v) is 10.5. The van der Waals surface area contributed by atoms with E-state index in [0.717, 1.165) is 0 Å². The molecule has 0 nitrogen and oxygen atoms in total. The van der Waals surface area contributed by atoms with Crippen LogP contribution in [0.3, 0.4) is 0 Å². The lowest BCUT2D eigenvalue weighted by molar-refractivity contribution is 0.970. The highest BCUT2D eigenvalue weighted by molar-refractivity contribution is 5.88. The monoisotopic (exact) mass is 222 g/mol. The van der Waals surface area contributed by atoms with Crippen LogP contribution < -0.4 is 0 Å². The fourth-order valence-corrected chi connectivity index (χ4v) is 2.21. The smallest absolute Gasteiger partial charge is 0.000696 e. The Morgan fingerprint density at radius 2 is 1.94 bits per heavy atom. The minimum Gasteiger partial charge on any atom is -0.102 e. The molecule has 0 spiro atoms. The average molecular weight is 222 g/mol. The summed E-state index contributed by atoms with van der Waals surface area (Å²) in [7, 11) is 0. The van der Waals surface area contributed by atoms with Crippen LogP contribution in [0.1, 0.15) is 29.5 Å². The molecular formula is C17H18. The first-order valence-corrected chi connectivity index (χ1v) is 5.95. The Morgan fingerprint density at radius 3 is 2.59 bits per heavy atom. The highest BCUT2D eigenvalue weighted by atomic mass is 14.1. The normalized spacial score (nSPS) is 12.4. The second-order valence-corrected chi connectivity index (χ2v) is 4.51. The lowest BCUT2D eigenvalue weighted by Crippen LogP contribution is -1.94. The van der Waals surface area contributed by atoms with E-state index in [9.17, 15) is 0 Å². The predicted molar refractivity (Wildman–Crippen MR) is 77.4 cm³/mol. The highest BCUT2D eigenvalue weighted by Gasteiger charge is 2.08. The van der Waals surface area contributed by atoms with Gasteiger partial charge in [-0.2, -0.15) is 0 Å². The van der Waals surface area contributed by atoms with Gasteiger partial charge in [0.1, 0.15) is 0 Å². The minimum atomic E-state index is 0.355. The number of aryl methyl sites for hydroxylation is 1. The molecule has 0 radical (unpaired) electrons. The highest BCUT2D eigenvalue weighted by Crippen LogP contribution is 2.28. The maximum Gasteiger partial charge on any atom is -0.000696 e. The predicted octanol–water partition coefficient (Wildman–Crippen LogP) is 5.08. The summed E-state index contributed by atoms with van der Waals surface area (Å²) >= 11 is 0. The number of allylic oxidation sites excluding steroid dienone is 1. The molecule has 0 saturated carbocycles. The molecule has 0 aliphatic carbocycles. The summed E-state index contributed by atoms with van der Waals surface area (Å²) in [4.78, 5) is 0. The van der Waals surface area contributed by atoms with Crippen molar-refractivity contribution in [1.82, 2.24) is 0 Å². The van der Waals surface area contributed by atoms with Gasteiger partial charge in [-0.25, -0.2) is 0 Å². The summed E-state index contributed by atoms with van der Waals surface area (Å²) in [6, 6.07) is 10.9. The molecule has 0 aromatic heterocycles. The fourth-order valence-electron chi connectivity index (χ4n) is 2.21. The largest absolute Gasteiger partial charge is 0.102 e. The van der Waals surface area contributed by atoms with Gasteiger partial charge in [0.25, 0.3) is 0 Å². The SMILES string of the molecule is C=Cc1cc2c(C)cccc2cc1C(C)C=C. The summed E-state index contributed by atoms with van der Waals surface area (Å²) in [5.41, 5.74) is 3.82. The van der Waals surface area contributed by atoms with Gasteiger partial charge in [0.05, 0.1) is 0 Å². The van der Waals surface area contributed by atoms with Crippen LogP contribution in [0.2, 0.25) is 0 Å². The van der Waals surface area contributed by atoms with Gasteiger partial charge in [-0.3, -0.25) is 0 Å². The van der Waals surface area contributed by atoms with Crippen molar-refractivity contribution in [3.05, 3.63) is 66.3 Å². The number of hydrogen-bond acceptors (Lipinski definition) is 0. The molecule has 0 amide bonds. The molecule has 17 heavy (non-hydrogen) atoms. The molecule has 0 heterocycles. The van der Waals surface area contributed by atoms with Crippen LogP contribution in [0.25, 0.3) is 16.8 Å². The zero-order chi connectivity index (χ0) is 12.4. The first-order valence-electron chi connectivity index (χ1n) is 5.95. The van der Waals surface area contributed by atoms with Crippen molar-refractivity contribution in [2.24, 2.45) is 0 Å². The lowest BCUT2D eigenvalue weighted by Gasteiger charge is -2.13. The molecule has 0 aliphatic rings. The number of benzene rings is 2. The van der Waals surface area contributed by atoms with Gasteiger partial charge in [-0.05, 0) is 52.4 Å². The first kappa shape index (κ1) is 11.7. The molecule has 0 bridgehead atoms. The minimum absolute atomic E-state index is 0.355. The molecule has 2 aromatic rings. The molecule has 86 valence electrons. The summed E-state index contributed by atoms with van der Waals surface area (Å²) in [6.45, 7) is 12.1. The molecule has 0 saturated heterocycles. The van der Waals surface area contributed by atoms with E-state index in [4.69, 9.17) is 0 Å². The molecule has 0 N–H and O–H groups in total. The van der Waals surface area contributed by atoms with E-state index in [2.05, 4.69) is 57.3 Å². The Labute approximate surface area is 103 Å². The van der Waals surface area contributed by atoms with Gasteiger partial charge in [0.15, 0.2) is 0 Å². The van der Waals surface area contributed by atoms with Crippen LogP contribution in [-0.2, 0) is 0 Å². The maximum absolute atomic E-state index is 3.91. The van der Waals surface area contributed by atoms with Gasteiger partial charge in [0, 0.05) is 0 Å². The molecular weight excluding hydrogens is 204 g/mol. The number of fused-ring (bicyclic) bond motifs is 1. The molecule has 2 aromatic carbocycles. The Hall–Kier alpha value is -1.82. The second kappa shape index (κ2) is 4.58. The second-order valence-electron chi connectivity index (χ2n) is 4.51. The standard InChI is InChI=1S/C17H18/c1-5-12(3)16-11-15-9-7-8-13(4)17(15)10-14(16)6-2/h5-12H,1-2H2,3-4H3. The van der Waals surface area contributed by atoms with Crippen molar-refractivity contribution in [3.8, 4) is 0 Å². The van der Waals surface area contributed by atoms with Crippen molar-refractivity contribution in [3.63, 3.8) is 0 Å². The third-order valence-corrected chi connectivity index (χ3v) is 3.37. The van der Waals surface area contributed by atoms with Gasteiger partial charge in [-0.1, -0.05) is 43.9 Å². The van der Waals surface area contributed by atoms with Crippen LogP contribution in [0, 0.1) is 6.92 Å². The van der Waals surface area contributed by atoms with E-state index in [1.807, 2.05) is 12.2 Å². The third kappa shape index (κ3) is 2.03. The molecule has 2 rings (SSSR count). The van der Waals surface area contributed by atoms with Crippen molar-refractivity contribution >= 4 is 16.8 Å². The van der Waals surface area contributed by atoms with E-state index in [0.29, 0.717) is 5.92 Å². The van der Waals surface area contributed by atoms with Crippen LogP contribution in [0.5, 0.6) is 0 Å². The van der Waals surface area contributed by atoms with E-state index >= 15 is 0 Å².